The lowest BCUT2D eigenvalue weighted by Crippen LogP contribution is -2.36. The van der Waals surface area contributed by atoms with Gasteiger partial charge in [0.05, 0.1) is 19.1 Å². The number of rotatable bonds is 3. The van der Waals surface area contributed by atoms with Gasteiger partial charge in [-0.3, -0.25) is 4.79 Å². The molecule has 5 nitrogen and oxygen atoms in total. The van der Waals surface area contributed by atoms with Crippen LogP contribution in [-0.2, 0) is 15.1 Å². The van der Waals surface area contributed by atoms with E-state index in [0.717, 1.165) is 0 Å². The largest absolute Gasteiger partial charge is 0.469 e. The molecule has 5 heteroatoms. The first-order valence-electron chi connectivity index (χ1n) is 4.17. The second kappa shape index (κ2) is 4.15. The van der Waals surface area contributed by atoms with Crippen molar-refractivity contribution in [3.63, 3.8) is 0 Å². The maximum atomic E-state index is 11.1. The van der Waals surface area contributed by atoms with Crippen LogP contribution in [0.1, 0.15) is 18.9 Å². The van der Waals surface area contributed by atoms with Gasteiger partial charge in [-0.05, 0) is 6.92 Å². The van der Waals surface area contributed by atoms with Crippen molar-refractivity contribution in [1.82, 2.24) is 9.97 Å². The van der Waals surface area contributed by atoms with Crippen LogP contribution in [0.2, 0.25) is 0 Å². The van der Waals surface area contributed by atoms with Gasteiger partial charge in [-0.2, -0.15) is 0 Å². The maximum Gasteiger partial charge on any atom is 0.307 e. The van der Waals surface area contributed by atoms with Crippen molar-refractivity contribution in [2.45, 2.75) is 18.9 Å². The van der Waals surface area contributed by atoms with Crippen molar-refractivity contribution >= 4 is 5.97 Å². The topological polar surface area (TPSA) is 78.1 Å². The molecule has 1 aromatic rings. The molecular formula is C9H13N3O2. The average Bonchev–Trinajstić information content (AvgIpc) is 2.18. The Hall–Kier alpha value is -1.49. The molecule has 0 saturated carbocycles. The van der Waals surface area contributed by atoms with E-state index in [1.807, 2.05) is 0 Å². The Morgan fingerprint density at radius 1 is 1.57 bits per heavy atom. The number of carbonyl (C=O) groups is 1. The van der Waals surface area contributed by atoms with Crippen molar-refractivity contribution in [3.8, 4) is 0 Å². The lowest BCUT2D eigenvalue weighted by atomic mass is 9.92. The van der Waals surface area contributed by atoms with Crippen molar-refractivity contribution in [3.05, 3.63) is 24.3 Å². The van der Waals surface area contributed by atoms with Gasteiger partial charge in [0.1, 0.15) is 6.33 Å². The van der Waals surface area contributed by atoms with Gasteiger partial charge in [-0.1, -0.05) is 0 Å². The summed E-state index contributed by atoms with van der Waals surface area (Å²) in [5.41, 5.74) is 5.86. The molecule has 0 amide bonds. The van der Waals surface area contributed by atoms with Crippen LogP contribution in [0, 0.1) is 0 Å². The lowest BCUT2D eigenvalue weighted by Gasteiger charge is -2.22. The minimum absolute atomic E-state index is 0.108. The second-order valence-corrected chi connectivity index (χ2v) is 3.30. The first-order chi connectivity index (χ1) is 6.56. The number of nitrogens with zero attached hydrogens (tertiary/aromatic N) is 2. The summed E-state index contributed by atoms with van der Waals surface area (Å²) in [6.07, 6.45) is 4.71. The Kier molecular flexibility index (Phi) is 3.14. The van der Waals surface area contributed by atoms with Gasteiger partial charge < -0.3 is 10.5 Å². The van der Waals surface area contributed by atoms with Crippen LogP contribution < -0.4 is 5.73 Å². The highest BCUT2D eigenvalue weighted by molar-refractivity contribution is 5.71. The summed E-state index contributed by atoms with van der Waals surface area (Å²) in [6, 6.07) is 0. The molecule has 0 aliphatic heterocycles. The number of carbonyl (C=O) groups excluding carboxylic acids is 1. The monoisotopic (exact) mass is 195 g/mol. The Balaban J connectivity index is 2.80. The van der Waals surface area contributed by atoms with Crippen LogP contribution in [0.15, 0.2) is 18.7 Å². The van der Waals surface area contributed by atoms with Crippen LogP contribution in [0.3, 0.4) is 0 Å². The Bertz CT molecular complexity index is 311. The van der Waals surface area contributed by atoms with Gasteiger partial charge in [0.15, 0.2) is 0 Å². The Morgan fingerprint density at radius 3 is 2.64 bits per heavy atom. The van der Waals surface area contributed by atoms with E-state index in [4.69, 9.17) is 5.73 Å². The summed E-state index contributed by atoms with van der Waals surface area (Å²) >= 11 is 0. The molecule has 76 valence electrons. The van der Waals surface area contributed by atoms with Gasteiger partial charge in [-0.15, -0.1) is 0 Å². The molecule has 0 saturated heterocycles. The molecule has 0 bridgehead atoms. The summed E-state index contributed by atoms with van der Waals surface area (Å²) in [6.45, 7) is 1.74. The molecule has 0 aliphatic carbocycles. The van der Waals surface area contributed by atoms with E-state index in [1.54, 1.807) is 19.3 Å². The van der Waals surface area contributed by atoms with Crippen LogP contribution in [0.5, 0.6) is 0 Å². The molecule has 0 unspecified atom stereocenters. The first-order valence-corrected chi connectivity index (χ1v) is 4.17. The van der Waals surface area contributed by atoms with Crippen molar-refractivity contribution in [2.24, 2.45) is 5.73 Å². The van der Waals surface area contributed by atoms with Gasteiger partial charge in [0.25, 0.3) is 0 Å². The Labute approximate surface area is 82.3 Å². The number of esters is 1. The average molecular weight is 195 g/mol. The molecule has 1 aromatic heterocycles. The highest BCUT2D eigenvalue weighted by Crippen LogP contribution is 2.19. The molecule has 0 aliphatic rings. The zero-order valence-electron chi connectivity index (χ0n) is 8.23. The highest BCUT2D eigenvalue weighted by atomic mass is 16.5. The summed E-state index contributed by atoms with van der Waals surface area (Å²) in [5, 5.41) is 0. The van der Waals surface area contributed by atoms with Crippen LogP contribution in [0.4, 0.5) is 0 Å². The fourth-order valence-corrected chi connectivity index (χ4v) is 1.07. The molecule has 1 rings (SSSR count). The fourth-order valence-electron chi connectivity index (χ4n) is 1.07. The number of aromatic nitrogens is 2. The zero-order chi connectivity index (χ0) is 10.6. The summed E-state index contributed by atoms with van der Waals surface area (Å²) < 4.78 is 4.55. The smallest absolute Gasteiger partial charge is 0.307 e. The van der Waals surface area contributed by atoms with Gasteiger partial charge in [-0.25, -0.2) is 9.97 Å². The van der Waals surface area contributed by atoms with Crippen LogP contribution in [0.25, 0.3) is 0 Å². The minimum atomic E-state index is -0.783. The predicted molar refractivity (Wildman–Crippen MR) is 50.2 cm³/mol. The third kappa shape index (κ3) is 2.50. The SMILES string of the molecule is COC(=O)C[C@](C)(N)c1cncnc1. The van der Waals surface area contributed by atoms with Crippen LogP contribution >= 0.6 is 0 Å². The molecule has 0 fully saturated rings. The van der Waals surface area contributed by atoms with Gasteiger partial charge in [0.2, 0.25) is 0 Å². The second-order valence-electron chi connectivity index (χ2n) is 3.30. The molecule has 0 aromatic carbocycles. The first kappa shape index (κ1) is 10.6. The van der Waals surface area contributed by atoms with E-state index in [0.29, 0.717) is 5.56 Å². The summed E-state index contributed by atoms with van der Waals surface area (Å²) in [7, 11) is 1.33. The van der Waals surface area contributed by atoms with E-state index < -0.39 is 5.54 Å². The van der Waals surface area contributed by atoms with Gasteiger partial charge >= 0.3 is 5.97 Å². The van der Waals surface area contributed by atoms with E-state index >= 15 is 0 Å². The van der Waals surface area contributed by atoms with Crippen molar-refractivity contribution in [2.75, 3.05) is 7.11 Å². The van der Waals surface area contributed by atoms with E-state index in [1.165, 1.54) is 13.4 Å². The molecule has 0 spiro atoms. The van der Waals surface area contributed by atoms with E-state index in [-0.39, 0.29) is 12.4 Å². The van der Waals surface area contributed by atoms with Crippen molar-refractivity contribution in [1.29, 1.82) is 0 Å². The molecular weight excluding hydrogens is 182 g/mol. The number of nitrogens with two attached hydrogens (primary N) is 1. The molecule has 0 radical (unpaired) electrons. The normalized spacial score (nSPS) is 14.5. The molecule has 14 heavy (non-hydrogen) atoms. The predicted octanol–water partition coefficient (Wildman–Crippen LogP) is 0.214. The number of hydrogen-bond acceptors (Lipinski definition) is 5. The fraction of sp³-hybridized carbons (Fsp3) is 0.444. The third-order valence-corrected chi connectivity index (χ3v) is 1.96. The molecule has 2 N–H and O–H groups in total. The lowest BCUT2D eigenvalue weighted by molar-refractivity contribution is -0.141. The quantitative estimate of drug-likeness (QED) is 0.698. The number of ether oxygens (including phenoxy) is 1. The molecule has 1 atom stereocenters. The summed E-state index contributed by atoms with van der Waals surface area (Å²) in [4.78, 5) is 18.7. The standard InChI is InChI=1S/C9H13N3O2/c1-9(10,3-8(13)14-2)7-4-11-6-12-5-7/h4-6H,3,10H2,1-2H3/t9-/m0/s1. The maximum absolute atomic E-state index is 11.1. The number of hydrogen-bond donors (Lipinski definition) is 1. The Morgan fingerprint density at radius 2 is 2.14 bits per heavy atom. The highest BCUT2D eigenvalue weighted by Gasteiger charge is 2.25. The molecule has 1 heterocycles. The van der Waals surface area contributed by atoms with E-state index in [9.17, 15) is 4.79 Å². The van der Waals surface area contributed by atoms with E-state index in [2.05, 4.69) is 14.7 Å². The van der Waals surface area contributed by atoms with Crippen molar-refractivity contribution < 1.29 is 9.53 Å². The van der Waals surface area contributed by atoms with Gasteiger partial charge in [0, 0.05) is 18.0 Å². The number of methoxy groups -OCH3 is 1. The zero-order valence-corrected chi connectivity index (χ0v) is 8.23. The minimum Gasteiger partial charge on any atom is -0.469 e. The van der Waals surface area contributed by atoms with Crippen LogP contribution in [-0.4, -0.2) is 23.0 Å². The third-order valence-electron chi connectivity index (χ3n) is 1.96. The summed E-state index contributed by atoms with van der Waals surface area (Å²) in [5.74, 6) is -0.348.